The fraction of sp³-hybridized carbons (Fsp3) is 0.333. The second-order valence-corrected chi connectivity index (χ2v) is 5.50. The van der Waals surface area contributed by atoms with Gasteiger partial charge < -0.3 is 9.47 Å². The zero-order chi connectivity index (χ0) is 14.8. The van der Waals surface area contributed by atoms with E-state index in [9.17, 15) is 0 Å². The Morgan fingerprint density at radius 1 is 1.10 bits per heavy atom. The van der Waals surface area contributed by atoms with E-state index in [0.29, 0.717) is 41.5 Å². The van der Waals surface area contributed by atoms with E-state index in [4.69, 9.17) is 32.7 Å². The Kier molecular flexibility index (Phi) is 4.40. The molecular weight excluding hydrogens is 311 g/mol. The van der Waals surface area contributed by atoms with Crippen LogP contribution in [-0.4, -0.2) is 29.8 Å². The first kappa shape index (κ1) is 14.7. The molecule has 0 amide bonds. The number of rotatable bonds is 2. The summed E-state index contributed by atoms with van der Waals surface area (Å²) in [6.07, 6.45) is -0.320. The second-order valence-electron chi connectivity index (χ2n) is 4.79. The molecule has 2 heterocycles. The van der Waals surface area contributed by atoms with Crippen molar-refractivity contribution < 1.29 is 9.47 Å². The first-order valence-electron chi connectivity index (χ1n) is 6.65. The highest BCUT2D eigenvalue weighted by Gasteiger charge is 2.23. The van der Waals surface area contributed by atoms with Gasteiger partial charge in [0, 0.05) is 0 Å². The highest BCUT2D eigenvalue weighted by molar-refractivity contribution is 6.37. The van der Waals surface area contributed by atoms with Crippen LogP contribution >= 0.6 is 23.2 Å². The number of ether oxygens (including phenoxy) is 2. The van der Waals surface area contributed by atoms with Crippen LogP contribution in [0.25, 0.3) is 11.1 Å². The molecule has 1 aromatic heterocycles. The van der Waals surface area contributed by atoms with Gasteiger partial charge in [-0.3, -0.25) is 0 Å². The van der Waals surface area contributed by atoms with Gasteiger partial charge in [-0.1, -0.05) is 47.5 Å². The zero-order valence-corrected chi connectivity index (χ0v) is 13.0. The molecule has 1 atom stereocenters. The van der Waals surface area contributed by atoms with Crippen LogP contribution in [-0.2, 0) is 9.47 Å². The molecule has 1 saturated heterocycles. The van der Waals surface area contributed by atoms with Gasteiger partial charge in [0.15, 0.2) is 5.82 Å². The summed E-state index contributed by atoms with van der Waals surface area (Å²) in [6.45, 7) is 3.51. The Morgan fingerprint density at radius 2 is 1.81 bits per heavy atom. The number of hydrogen-bond acceptors (Lipinski definition) is 4. The van der Waals surface area contributed by atoms with Gasteiger partial charge in [0.1, 0.15) is 16.4 Å². The van der Waals surface area contributed by atoms with Crippen LogP contribution in [0.1, 0.15) is 17.5 Å². The van der Waals surface area contributed by atoms with E-state index in [1.807, 2.05) is 31.2 Å². The van der Waals surface area contributed by atoms with Crippen LogP contribution in [0.5, 0.6) is 0 Å². The van der Waals surface area contributed by atoms with Crippen LogP contribution in [0.4, 0.5) is 0 Å². The maximum atomic E-state index is 6.33. The molecule has 1 fully saturated rings. The summed E-state index contributed by atoms with van der Waals surface area (Å²) >= 11 is 12.7. The highest BCUT2D eigenvalue weighted by Crippen LogP contribution is 2.35. The predicted molar refractivity (Wildman–Crippen MR) is 81.7 cm³/mol. The van der Waals surface area contributed by atoms with Gasteiger partial charge in [0.05, 0.1) is 25.4 Å². The Labute approximate surface area is 133 Å². The van der Waals surface area contributed by atoms with Gasteiger partial charge in [0.25, 0.3) is 0 Å². The van der Waals surface area contributed by atoms with Crippen molar-refractivity contribution in [3.05, 3.63) is 46.0 Å². The monoisotopic (exact) mass is 324 g/mol. The maximum Gasteiger partial charge on any atom is 0.162 e. The van der Waals surface area contributed by atoms with Crippen LogP contribution in [0.3, 0.4) is 0 Å². The average Bonchev–Trinajstić information content (AvgIpc) is 2.49. The zero-order valence-electron chi connectivity index (χ0n) is 11.5. The van der Waals surface area contributed by atoms with E-state index in [2.05, 4.69) is 9.97 Å². The standard InChI is InChI=1S/C15H14Cl2N2O2/c1-9-4-2-3-5-10(9)12-13(16)18-15(19-14(12)17)11-8-20-6-7-21-11/h2-5,11H,6-8H2,1H3. The molecule has 0 aliphatic carbocycles. The van der Waals surface area contributed by atoms with Crippen LogP contribution in [0.15, 0.2) is 24.3 Å². The lowest BCUT2D eigenvalue weighted by Crippen LogP contribution is -2.23. The lowest BCUT2D eigenvalue weighted by Gasteiger charge is -2.22. The average molecular weight is 325 g/mol. The largest absolute Gasteiger partial charge is 0.376 e. The third kappa shape index (κ3) is 3.04. The van der Waals surface area contributed by atoms with E-state index in [-0.39, 0.29) is 6.10 Å². The van der Waals surface area contributed by atoms with Crippen molar-refractivity contribution in [1.82, 2.24) is 9.97 Å². The SMILES string of the molecule is Cc1ccccc1-c1c(Cl)nc(C2COCCO2)nc1Cl. The molecule has 6 heteroatoms. The lowest BCUT2D eigenvalue weighted by molar-refractivity contribution is -0.0935. The number of nitrogens with zero attached hydrogens (tertiary/aromatic N) is 2. The summed E-state index contributed by atoms with van der Waals surface area (Å²) < 4.78 is 10.9. The third-order valence-corrected chi connectivity index (χ3v) is 3.90. The molecule has 3 rings (SSSR count). The van der Waals surface area contributed by atoms with Gasteiger partial charge >= 0.3 is 0 Å². The number of hydrogen-bond donors (Lipinski definition) is 0. The molecule has 1 aromatic carbocycles. The van der Waals surface area contributed by atoms with Gasteiger partial charge in [-0.2, -0.15) is 0 Å². The maximum absolute atomic E-state index is 6.33. The minimum atomic E-state index is -0.320. The van der Waals surface area contributed by atoms with Gasteiger partial charge in [-0.25, -0.2) is 9.97 Å². The number of benzene rings is 1. The van der Waals surface area contributed by atoms with Gasteiger partial charge in [-0.15, -0.1) is 0 Å². The first-order valence-corrected chi connectivity index (χ1v) is 7.40. The summed E-state index contributed by atoms with van der Waals surface area (Å²) in [5.74, 6) is 0.460. The van der Waals surface area contributed by atoms with Crippen molar-refractivity contribution in [1.29, 1.82) is 0 Å². The Morgan fingerprint density at radius 3 is 2.43 bits per heavy atom. The van der Waals surface area contributed by atoms with E-state index < -0.39 is 0 Å². The minimum Gasteiger partial charge on any atom is -0.376 e. The van der Waals surface area contributed by atoms with Gasteiger partial charge in [0.2, 0.25) is 0 Å². The molecule has 110 valence electrons. The first-order chi connectivity index (χ1) is 10.2. The molecular formula is C15H14Cl2N2O2. The van der Waals surface area contributed by atoms with Gasteiger partial charge in [-0.05, 0) is 18.1 Å². The van der Waals surface area contributed by atoms with Crippen molar-refractivity contribution in [2.45, 2.75) is 13.0 Å². The van der Waals surface area contributed by atoms with Crippen LogP contribution in [0.2, 0.25) is 10.3 Å². The van der Waals surface area contributed by atoms with E-state index in [1.54, 1.807) is 0 Å². The summed E-state index contributed by atoms with van der Waals surface area (Å²) in [6, 6.07) is 7.84. The number of aromatic nitrogens is 2. The fourth-order valence-electron chi connectivity index (χ4n) is 2.28. The molecule has 0 radical (unpaired) electrons. The van der Waals surface area contributed by atoms with Crippen LogP contribution in [0, 0.1) is 6.92 Å². The Hall–Kier alpha value is -1.20. The third-order valence-electron chi connectivity index (χ3n) is 3.36. The van der Waals surface area contributed by atoms with E-state index in [1.165, 1.54) is 0 Å². The number of halogens is 2. The molecule has 0 bridgehead atoms. The lowest BCUT2D eigenvalue weighted by atomic mass is 10.0. The fourth-order valence-corrected chi connectivity index (χ4v) is 2.88. The topological polar surface area (TPSA) is 44.2 Å². The molecule has 0 saturated carbocycles. The van der Waals surface area contributed by atoms with Crippen molar-refractivity contribution in [3.8, 4) is 11.1 Å². The summed E-state index contributed by atoms with van der Waals surface area (Å²) in [4.78, 5) is 8.68. The molecule has 1 aliphatic heterocycles. The summed E-state index contributed by atoms with van der Waals surface area (Å²) in [7, 11) is 0. The number of aryl methyl sites for hydroxylation is 1. The minimum absolute atomic E-state index is 0.320. The predicted octanol–water partition coefficient (Wildman–Crippen LogP) is 3.85. The van der Waals surface area contributed by atoms with E-state index >= 15 is 0 Å². The normalized spacial score (nSPS) is 18.7. The molecule has 0 N–H and O–H groups in total. The highest BCUT2D eigenvalue weighted by atomic mass is 35.5. The Balaban J connectivity index is 2.02. The molecule has 1 aliphatic rings. The molecule has 4 nitrogen and oxygen atoms in total. The van der Waals surface area contributed by atoms with Crippen molar-refractivity contribution in [2.24, 2.45) is 0 Å². The quantitative estimate of drug-likeness (QED) is 0.787. The summed E-state index contributed by atoms with van der Waals surface area (Å²) in [5.41, 5.74) is 2.65. The smallest absolute Gasteiger partial charge is 0.162 e. The van der Waals surface area contributed by atoms with Crippen LogP contribution < -0.4 is 0 Å². The molecule has 1 unspecified atom stereocenters. The second kappa shape index (κ2) is 6.28. The molecule has 2 aromatic rings. The molecule has 0 spiro atoms. The van der Waals surface area contributed by atoms with Crippen molar-refractivity contribution >= 4 is 23.2 Å². The summed E-state index contributed by atoms with van der Waals surface area (Å²) in [5, 5.41) is 0.655. The van der Waals surface area contributed by atoms with E-state index in [0.717, 1.165) is 11.1 Å². The molecule has 21 heavy (non-hydrogen) atoms. The van der Waals surface area contributed by atoms with Crippen molar-refractivity contribution in [2.75, 3.05) is 19.8 Å². The van der Waals surface area contributed by atoms with Crippen molar-refractivity contribution in [3.63, 3.8) is 0 Å². The Bertz CT molecular complexity index is 635.